The maximum absolute atomic E-state index is 13.6. The van der Waals surface area contributed by atoms with Gasteiger partial charge in [-0.05, 0) is 44.4 Å². The highest BCUT2D eigenvalue weighted by Gasteiger charge is 2.02. The third-order valence-electron chi connectivity index (χ3n) is 3.53. The third kappa shape index (κ3) is 5.92. The first kappa shape index (κ1) is 18.4. The molecule has 0 bridgehead atoms. The van der Waals surface area contributed by atoms with E-state index in [2.05, 4.69) is 26.0 Å². The molecular formula is C18H25FN4S. The molecule has 0 aliphatic carbocycles. The lowest BCUT2D eigenvalue weighted by atomic mass is 10.1. The standard InChI is InChI=1S/C18H25FN4S/c1-4-20-18(21-9-5-6-17-23-14(3)12-24-17)22-11-15-8-7-13(2)16(19)10-15/h7-8,10,12H,4-6,9,11H2,1-3H3,(H2,20,21,22). The Bertz CT molecular complexity index is 681. The summed E-state index contributed by atoms with van der Waals surface area (Å²) in [5.41, 5.74) is 2.61. The molecule has 0 saturated carbocycles. The number of aromatic nitrogens is 1. The van der Waals surface area contributed by atoms with Crippen molar-refractivity contribution in [2.45, 2.75) is 40.2 Å². The molecule has 0 amide bonds. The van der Waals surface area contributed by atoms with E-state index in [1.54, 1.807) is 30.4 Å². The Kier molecular flexibility index (Phi) is 7.18. The fourth-order valence-corrected chi connectivity index (χ4v) is 3.03. The van der Waals surface area contributed by atoms with Crippen LogP contribution in [0, 0.1) is 19.7 Å². The van der Waals surface area contributed by atoms with Crippen LogP contribution < -0.4 is 10.6 Å². The van der Waals surface area contributed by atoms with Crippen molar-refractivity contribution in [1.82, 2.24) is 15.6 Å². The molecule has 0 atom stereocenters. The van der Waals surface area contributed by atoms with Gasteiger partial charge in [-0.1, -0.05) is 12.1 Å². The number of nitrogens with one attached hydrogen (secondary N) is 2. The predicted molar refractivity (Wildman–Crippen MR) is 99.1 cm³/mol. The molecule has 2 rings (SSSR count). The fourth-order valence-electron chi connectivity index (χ4n) is 2.21. The van der Waals surface area contributed by atoms with Crippen molar-refractivity contribution in [1.29, 1.82) is 0 Å². The smallest absolute Gasteiger partial charge is 0.191 e. The molecule has 24 heavy (non-hydrogen) atoms. The Morgan fingerprint density at radius 1 is 1.29 bits per heavy atom. The molecule has 0 spiro atoms. The average molecular weight is 348 g/mol. The highest BCUT2D eigenvalue weighted by atomic mass is 32.1. The minimum absolute atomic E-state index is 0.181. The maximum Gasteiger partial charge on any atom is 0.191 e. The largest absolute Gasteiger partial charge is 0.357 e. The van der Waals surface area contributed by atoms with E-state index in [9.17, 15) is 4.39 Å². The topological polar surface area (TPSA) is 49.3 Å². The molecule has 0 unspecified atom stereocenters. The second-order valence-corrected chi connectivity index (χ2v) is 6.63. The van der Waals surface area contributed by atoms with E-state index in [0.717, 1.165) is 43.1 Å². The minimum Gasteiger partial charge on any atom is -0.357 e. The Labute approximate surface area is 147 Å². The highest BCUT2D eigenvalue weighted by molar-refractivity contribution is 7.09. The van der Waals surface area contributed by atoms with Gasteiger partial charge in [-0.3, -0.25) is 0 Å². The Hall–Kier alpha value is -1.95. The Morgan fingerprint density at radius 3 is 2.79 bits per heavy atom. The van der Waals surface area contributed by atoms with E-state index in [0.29, 0.717) is 12.1 Å². The molecule has 4 nitrogen and oxygen atoms in total. The lowest BCUT2D eigenvalue weighted by Crippen LogP contribution is -2.37. The van der Waals surface area contributed by atoms with Gasteiger partial charge in [0.1, 0.15) is 5.82 Å². The Balaban J connectivity index is 1.82. The predicted octanol–water partition coefficient (Wildman–Crippen LogP) is 3.59. The molecule has 1 aromatic heterocycles. The van der Waals surface area contributed by atoms with Gasteiger partial charge in [0, 0.05) is 30.6 Å². The molecule has 1 heterocycles. The van der Waals surface area contributed by atoms with Crippen molar-refractivity contribution in [3.63, 3.8) is 0 Å². The van der Waals surface area contributed by atoms with Crippen molar-refractivity contribution in [2.75, 3.05) is 13.1 Å². The number of halogens is 1. The van der Waals surface area contributed by atoms with Crippen molar-refractivity contribution in [3.05, 3.63) is 51.2 Å². The quantitative estimate of drug-likeness (QED) is 0.457. The summed E-state index contributed by atoms with van der Waals surface area (Å²) in [6.07, 6.45) is 1.96. The monoisotopic (exact) mass is 348 g/mol. The molecule has 0 aliphatic heterocycles. The van der Waals surface area contributed by atoms with Crippen LogP contribution in [0.3, 0.4) is 0 Å². The number of benzene rings is 1. The van der Waals surface area contributed by atoms with E-state index >= 15 is 0 Å². The summed E-state index contributed by atoms with van der Waals surface area (Å²) in [7, 11) is 0. The zero-order chi connectivity index (χ0) is 17.4. The molecule has 1 aromatic carbocycles. The van der Waals surface area contributed by atoms with Crippen molar-refractivity contribution < 1.29 is 4.39 Å². The second-order valence-electron chi connectivity index (χ2n) is 5.69. The zero-order valence-electron chi connectivity index (χ0n) is 14.5. The average Bonchev–Trinajstić information content (AvgIpc) is 2.97. The van der Waals surface area contributed by atoms with Gasteiger partial charge >= 0.3 is 0 Å². The normalized spacial score (nSPS) is 11.6. The van der Waals surface area contributed by atoms with Crippen LogP contribution in [-0.2, 0) is 13.0 Å². The number of rotatable bonds is 7. The van der Waals surface area contributed by atoms with Crippen LogP contribution in [0.5, 0.6) is 0 Å². The van der Waals surface area contributed by atoms with Crippen LogP contribution in [0.4, 0.5) is 4.39 Å². The van der Waals surface area contributed by atoms with Crippen LogP contribution >= 0.6 is 11.3 Å². The summed E-state index contributed by atoms with van der Waals surface area (Å²) >= 11 is 1.71. The number of thiazole rings is 1. The number of aryl methyl sites for hydroxylation is 3. The fraction of sp³-hybridized carbons (Fsp3) is 0.444. The molecule has 130 valence electrons. The lowest BCUT2D eigenvalue weighted by molar-refractivity contribution is 0.616. The summed E-state index contributed by atoms with van der Waals surface area (Å²) in [5, 5.41) is 9.78. The molecule has 0 aliphatic rings. The van der Waals surface area contributed by atoms with Gasteiger partial charge in [-0.25, -0.2) is 14.4 Å². The van der Waals surface area contributed by atoms with Gasteiger partial charge in [0.15, 0.2) is 5.96 Å². The zero-order valence-corrected chi connectivity index (χ0v) is 15.3. The van der Waals surface area contributed by atoms with Crippen molar-refractivity contribution in [3.8, 4) is 0 Å². The van der Waals surface area contributed by atoms with E-state index in [1.807, 2.05) is 19.9 Å². The molecular weight excluding hydrogens is 323 g/mol. The summed E-state index contributed by atoms with van der Waals surface area (Å²) in [6, 6.07) is 5.25. The molecule has 0 saturated heterocycles. The number of aliphatic imine (C=N–C) groups is 1. The minimum atomic E-state index is -0.181. The van der Waals surface area contributed by atoms with E-state index < -0.39 is 0 Å². The van der Waals surface area contributed by atoms with E-state index in [4.69, 9.17) is 0 Å². The number of guanidine groups is 1. The number of hydrogen-bond acceptors (Lipinski definition) is 3. The van der Waals surface area contributed by atoms with Crippen LogP contribution in [0.25, 0.3) is 0 Å². The summed E-state index contributed by atoms with van der Waals surface area (Å²) in [6.45, 7) is 7.88. The molecule has 0 fully saturated rings. The lowest BCUT2D eigenvalue weighted by Gasteiger charge is -2.11. The van der Waals surface area contributed by atoms with Gasteiger partial charge in [0.25, 0.3) is 0 Å². The Morgan fingerprint density at radius 2 is 2.12 bits per heavy atom. The summed E-state index contributed by atoms with van der Waals surface area (Å²) in [4.78, 5) is 8.98. The van der Waals surface area contributed by atoms with Gasteiger partial charge in [-0.15, -0.1) is 11.3 Å². The highest BCUT2D eigenvalue weighted by Crippen LogP contribution is 2.11. The molecule has 2 N–H and O–H groups in total. The number of hydrogen-bond donors (Lipinski definition) is 2. The third-order valence-corrected chi connectivity index (χ3v) is 4.55. The van der Waals surface area contributed by atoms with Crippen LogP contribution in [-0.4, -0.2) is 24.0 Å². The van der Waals surface area contributed by atoms with Gasteiger partial charge in [0.2, 0.25) is 0 Å². The summed E-state index contributed by atoms with van der Waals surface area (Å²) < 4.78 is 13.6. The van der Waals surface area contributed by atoms with Gasteiger partial charge < -0.3 is 10.6 Å². The summed E-state index contributed by atoms with van der Waals surface area (Å²) in [5.74, 6) is 0.577. The van der Waals surface area contributed by atoms with Crippen LogP contribution in [0.15, 0.2) is 28.6 Å². The first-order valence-corrected chi connectivity index (χ1v) is 9.14. The molecule has 2 aromatic rings. The maximum atomic E-state index is 13.6. The second kappa shape index (κ2) is 9.37. The molecule has 6 heteroatoms. The van der Waals surface area contributed by atoms with E-state index in [1.165, 1.54) is 5.01 Å². The first-order valence-electron chi connectivity index (χ1n) is 8.26. The van der Waals surface area contributed by atoms with E-state index in [-0.39, 0.29) is 5.82 Å². The van der Waals surface area contributed by atoms with Gasteiger partial charge in [0.05, 0.1) is 11.6 Å². The van der Waals surface area contributed by atoms with Crippen molar-refractivity contribution >= 4 is 17.3 Å². The first-order chi connectivity index (χ1) is 11.6. The van der Waals surface area contributed by atoms with Crippen LogP contribution in [0.2, 0.25) is 0 Å². The molecule has 0 radical (unpaired) electrons. The van der Waals surface area contributed by atoms with Crippen LogP contribution in [0.1, 0.15) is 35.2 Å². The number of nitrogens with zero attached hydrogens (tertiary/aromatic N) is 2. The SMILES string of the molecule is CCNC(=NCc1ccc(C)c(F)c1)NCCCc1nc(C)cs1. The van der Waals surface area contributed by atoms with Gasteiger partial charge in [-0.2, -0.15) is 0 Å². The van der Waals surface area contributed by atoms with Crippen molar-refractivity contribution in [2.24, 2.45) is 4.99 Å².